The van der Waals surface area contributed by atoms with Gasteiger partial charge in [0.05, 0.1) is 17.5 Å². The molecule has 2 aliphatic rings. The number of anilines is 1. The highest BCUT2D eigenvalue weighted by molar-refractivity contribution is 6.31. The van der Waals surface area contributed by atoms with Gasteiger partial charge in [0.15, 0.2) is 0 Å². The van der Waals surface area contributed by atoms with Gasteiger partial charge in [0, 0.05) is 17.3 Å². The summed E-state index contributed by atoms with van der Waals surface area (Å²) >= 11 is 6.35. The molecule has 5 nitrogen and oxygen atoms in total. The Morgan fingerprint density at radius 3 is 2.93 bits per heavy atom. The van der Waals surface area contributed by atoms with Gasteiger partial charge in [0.2, 0.25) is 0 Å². The zero-order valence-electron chi connectivity index (χ0n) is 15.0. The first-order chi connectivity index (χ1) is 13.1. The predicted octanol–water partition coefficient (Wildman–Crippen LogP) is 4.33. The monoisotopic (exact) mass is 381 g/mol. The molecule has 27 heavy (non-hydrogen) atoms. The molecule has 4 atom stereocenters. The molecule has 1 saturated carbocycles. The summed E-state index contributed by atoms with van der Waals surface area (Å²) in [5, 5.41) is 15.5. The Balaban J connectivity index is 1.47. The van der Waals surface area contributed by atoms with Crippen LogP contribution in [0.25, 0.3) is 11.0 Å². The molecular formula is C21H22ClN4O. The highest BCUT2D eigenvalue weighted by atomic mass is 35.5. The minimum absolute atomic E-state index is 0.0756. The first kappa shape index (κ1) is 17.0. The first-order valence-electron chi connectivity index (χ1n) is 9.48. The third-order valence-corrected chi connectivity index (χ3v) is 6.41. The molecule has 0 aliphatic heterocycles. The van der Waals surface area contributed by atoms with E-state index in [1.165, 1.54) is 11.1 Å². The lowest BCUT2D eigenvalue weighted by atomic mass is 10.1. The largest absolute Gasteiger partial charge is 0.393 e. The van der Waals surface area contributed by atoms with Crippen LogP contribution < -0.4 is 5.32 Å². The number of fused-ring (bicyclic) bond motifs is 2. The van der Waals surface area contributed by atoms with Crippen LogP contribution in [0, 0.1) is 12.8 Å². The van der Waals surface area contributed by atoms with Crippen molar-refractivity contribution >= 4 is 28.5 Å². The maximum atomic E-state index is 10.1. The number of aromatic nitrogens is 3. The van der Waals surface area contributed by atoms with E-state index in [1.54, 1.807) is 6.33 Å². The van der Waals surface area contributed by atoms with E-state index in [0.717, 1.165) is 47.6 Å². The SMILES string of the molecule is [CH2][C@H]1C[C@@H](n2ccc3c(N[C@H]4CCc5c(Cl)cccc54)ncnc32)C[C@@H]1O. The highest BCUT2D eigenvalue weighted by Crippen LogP contribution is 2.40. The van der Waals surface area contributed by atoms with Crippen LogP contribution in [-0.4, -0.2) is 25.7 Å². The van der Waals surface area contributed by atoms with Crippen molar-refractivity contribution in [3.05, 3.63) is 59.9 Å². The molecule has 1 aromatic carbocycles. The van der Waals surface area contributed by atoms with E-state index in [-0.39, 0.29) is 24.1 Å². The Morgan fingerprint density at radius 1 is 1.22 bits per heavy atom. The molecule has 2 N–H and O–H groups in total. The third-order valence-electron chi connectivity index (χ3n) is 6.06. The van der Waals surface area contributed by atoms with Gasteiger partial charge in [-0.25, -0.2) is 9.97 Å². The average molecular weight is 382 g/mol. The topological polar surface area (TPSA) is 63.0 Å². The summed E-state index contributed by atoms with van der Waals surface area (Å²) < 4.78 is 2.16. The van der Waals surface area contributed by atoms with Gasteiger partial charge in [-0.1, -0.05) is 23.7 Å². The van der Waals surface area contributed by atoms with Crippen LogP contribution in [0.3, 0.4) is 0 Å². The number of hydrogen-bond acceptors (Lipinski definition) is 4. The van der Waals surface area contributed by atoms with Gasteiger partial charge in [-0.05, 0) is 61.8 Å². The maximum Gasteiger partial charge on any atom is 0.145 e. The normalized spacial score (nSPS) is 27.2. The molecule has 0 saturated heterocycles. The van der Waals surface area contributed by atoms with E-state index in [4.69, 9.17) is 11.6 Å². The number of nitrogens with one attached hydrogen (secondary N) is 1. The van der Waals surface area contributed by atoms with E-state index in [0.29, 0.717) is 0 Å². The molecule has 139 valence electrons. The van der Waals surface area contributed by atoms with Crippen molar-refractivity contribution in [2.24, 2.45) is 5.92 Å². The lowest BCUT2D eigenvalue weighted by Gasteiger charge is -2.16. The van der Waals surface area contributed by atoms with Gasteiger partial charge in [-0.2, -0.15) is 0 Å². The number of nitrogens with zero attached hydrogens (tertiary/aromatic N) is 3. The zero-order chi connectivity index (χ0) is 18.5. The summed E-state index contributed by atoms with van der Waals surface area (Å²) in [7, 11) is 0. The van der Waals surface area contributed by atoms with E-state index in [9.17, 15) is 5.11 Å². The van der Waals surface area contributed by atoms with Gasteiger partial charge in [0.25, 0.3) is 0 Å². The van der Waals surface area contributed by atoms with Gasteiger partial charge in [0.1, 0.15) is 17.8 Å². The summed E-state index contributed by atoms with van der Waals surface area (Å²) in [5.74, 6) is 0.924. The molecule has 1 fully saturated rings. The van der Waals surface area contributed by atoms with Crippen LogP contribution in [-0.2, 0) is 6.42 Å². The van der Waals surface area contributed by atoms with Crippen LogP contribution >= 0.6 is 11.6 Å². The number of rotatable bonds is 3. The molecular weight excluding hydrogens is 360 g/mol. The fourth-order valence-electron chi connectivity index (χ4n) is 4.61. The number of halogens is 1. The molecule has 2 aliphatic carbocycles. The molecule has 0 bridgehead atoms. The number of aliphatic hydroxyl groups is 1. The maximum absolute atomic E-state index is 10.1. The van der Waals surface area contributed by atoms with Crippen molar-refractivity contribution in [3.63, 3.8) is 0 Å². The molecule has 0 spiro atoms. The molecule has 2 heterocycles. The van der Waals surface area contributed by atoms with Crippen molar-refractivity contribution < 1.29 is 5.11 Å². The minimum Gasteiger partial charge on any atom is -0.393 e. The van der Waals surface area contributed by atoms with Gasteiger partial charge < -0.3 is 15.0 Å². The summed E-state index contributed by atoms with van der Waals surface area (Å²) in [6, 6.07) is 8.61. The Hall–Kier alpha value is -2.11. The second-order valence-electron chi connectivity index (χ2n) is 7.68. The zero-order valence-corrected chi connectivity index (χ0v) is 15.7. The van der Waals surface area contributed by atoms with Crippen molar-refractivity contribution in [1.82, 2.24) is 14.5 Å². The predicted molar refractivity (Wildman–Crippen MR) is 107 cm³/mol. The summed E-state index contributed by atoms with van der Waals surface area (Å²) in [4.78, 5) is 9.02. The van der Waals surface area contributed by atoms with Gasteiger partial charge >= 0.3 is 0 Å². The molecule has 0 amide bonds. The van der Waals surface area contributed by atoms with Crippen LogP contribution in [0.4, 0.5) is 5.82 Å². The fraction of sp³-hybridized carbons (Fsp3) is 0.381. The Morgan fingerprint density at radius 2 is 2.11 bits per heavy atom. The number of benzene rings is 1. The smallest absolute Gasteiger partial charge is 0.145 e. The summed E-state index contributed by atoms with van der Waals surface area (Å²) in [5.41, 5.74) is 3.40. The molecule has 3 aromatic rings. The number of hydrogen-bond donors (Lipinski definition) is 2. The quantitative estimate of drug-likeness (QED) is 0.708. The highest BCUT2D eigenvalue weighted by Gasteiger charge is 2.32. The fourth-order valence-corrected chi connectivity index (χ4v) is 4.88. The summed E-state index contributed by atoms with van der Waals surface area (Å²) in [6.45, 7) is 4.05. The molecule has 2 aromatic heterocycles. The number of aliphatic hydroxyl groups excluding tert-OH is 1. The second-order valence-corrected chi connectivity index (χ2v) is 8.09. The third kappa shape index (κ3) is 2.80. The van der Waals surface area contributed by atoms with Crippen molar-refractivity contribution in [2.75, 3.05) is 5.32 Å². The van der Waals surface area contributed by atoms with Crippen molar-refractivity contribution in [3.8, 4) is 0 Å². The second kappa shape index (κ2) is 6.50. The molecule has 5 rings (SSSR count). The minimum atomic E-state index is -0.341. The van der Waals surface area contributed by atoms with E-state index in [2.05, 4.69) is 45.1 Å². The van der Waals surface area contributed by atoms with Crippen LogP contribution in [0.15, 0.2) is 36.8 Å². The average Bonchev–Trinajstić information content (AvgIpc) is 3.34. The Kier molecular flexibility index (Phi) is 4.10. The van der Waals surface area contributed by atoms with Crippen molar-refractivity contribution in [2.45, 2.75) is 43.9 Å². The summed E-state index contributed by atoms with van der Waals surface area (Å²) in [6.07, 6.45) is 6.90. The van der Waals surface area contributed by atoms with Crippen LogP contribution in [0.5, 0.6) is 0 Å². The van der Waals surface area contributed by atoms with E-state index >= 15 is 0 Å². The molecule has 6 heteroatoms. The lowest BCUT2D eigenvalue weighted by molar-refractivity contribution is 0.149. The lowest BCUT2D eigenvalue weighted by Crippen LogP contribution is -2.10. The van der Waals surface area contributed by atoms with Crippen LogP contribution in [0.2, 0.25) is 5.02 Å². The molecule has 0 unspecified atom stereocenters. The molecule has 1 radical (unpaired) electrons. The Labute approximate surface area is 163 Å². The Bertz CT molecular complexity index is 991. The van der Waals surface area contributed by atoms with E-state index < -0.39 is 0 Å². The van der Waals surface area contributed by atoms with Crippen LogP contribution in [0.1, 0.15) is 42.5 Å². The van der Waals surface area contributed by atoms with E-state index in [1.807, 2.05) is 12.1 Å². The van der Waals surface area contributed by atoms with Gasteiger partial charge in [-0.15, -0.1) is 0 Å². The first-order valence-corrected chi connectivity index (χ1v) is 9.86. The van der Waals surface area contributed by atoms with Crippen molar-refractivity contribution in [1.29, 1.82) is 0 Å². The van der Waals surface area contributed by atoms with Gasteiger partial charge in [-0.3, -0.25) is 0 Å². The standard InChI is InChI=1S/C21H22ClN4O/c1-12-9-13(10-19(12)27)26-8-7-16-20(23-11-24-21(16)26)25-18-6-5-14-15(18)3-2-4-17(14)22/h2-4,7-8,11-13,18-19,27H,1,5-6,9-10H2,(H,23,24,25)/t12-,13+,18-,19-/m0/s1.